The highest BCUT2D eigenvalue weighted by Crippen LogP contribution is 2.21. The smallest absolute Gasteiger partial charge is 0.234 e. The molecule has 0 radical (unpaired) electrons. The van der Waals surface area contributed by atoms with Crippen molar-refractivity contribution in [3.63, 3.8) is 0 Å². The topological polar surface area (TPSA) is 69.0 Å². The van der Waals surface area contributed by atoms with E-state index in [0.29, 0.717) is 24.2 Å². The summed E-state index contributed by atoms with van der Waals surface area (Å²) in [4.78, 5) is 12.3. The predicted octanol–water partition coefficient (Wildman–Crippen LogP) is 5.04. The zero-order valence-corrected chi connectivity index (χ0v) is 18.7. The molecule has 0 bridgehead atoms. The van der Waals surface area contributed by atoms with E-state index in [-0.39, 0.29) is 11.7 Å². The number of nitrogens with zero attached hydrogens (tertiary/aromatic N) is 3. The van der Waals surface area contributed by atoms with Crippen LogP contribution >= 0.6 is 11.8 Å². The van der Waals surface area contributed by atoms with Gasteiger partial charge < -0.3 is 14.6 Å². The molecule has 3 rings (SSSR count). The molecule has 30 heavy (non-hydrogen) atoms. The van der Waals surface area contributed by atoms with Crippen LogP contribution in [0.3, 0.4) is 0 Å². The maximum Gasteiger partial charge on any atom is 0.234 e. The number of benzene rings is 2. The molecule has 7 heteroatoms. The van der Waals surface area contributed by atoms with E-state index in [2.05, 4.69) is 29.4 Å². The predicted molar refractivity (Wildman–Crippen MR) is 121 cm³/mol. The average molecular weight is 425 g/mol. The molecule has 6 nitrogen and oxygen atoms in total. The fraction of sp³-hybridized carbons (Fsp3) is 0.348. The summed E-state index contributed by atoms with van der Waals surface area (Å²) >= 11 is 1.37. The standard InChI is InChI=1S/C23H28N4O2S/c1-5-27-21(14-29-20-8-6-7-17(4)13-20)25-26-23(27)30-15-22(28)24-19-11-9-18(10-12-19)16(2)3/h6-13,16H,5,14-15H2,1-4H3,(H,24,28). The van der Waals surface area contributed by atoms with E-state index in [0.717, 1.165) is 22.8 Å². The highest BCUT2D eigenvalue weighted by Gasteiger charge is 2.14. The minimum absolute atomic E-state index is 0.0690. The lowest BCUT2D eigenvalue weighted by Crippen LogP contribution is -2.15. The molecule has 0 saturated carbocycles. The van der Waals surface area contributed by atoms with Crippen molar-refractivity contribution in [1.82, 2.24) is 14.8 Å². The van der Waals surface area contributed by atoms with Crippen molar-refractivity contribution in [3.8, 4) is 5.75 Å². The molecule has 3 aromatic rings. The Hall–Kier alpha value is -2.80. The van der Waals surface area contributed by atoms with Gasteiger partial charge in [-0.3, -0.25) is 4.79 Å². The molecular weight excluding hydrogens is 396 g/mol. The second-order valence-electron chi connectivity index (χ2n) is 7.36. The first kappa shape index (κ1) is 21.9. The Bertz CT molecular complexity index is 983. The Labute approximate surface area is 182 Å². The van der Waals surface area contributed by atoms with Crippen molar-refractivity contribution in [2.75, 3.05) is 11.1 Å². The molecule has 0 aliphatic carbocycles. The minimum Gasteiger partial charge on any atom is -0.486 e. The molecule has 0 aliphatic rings. The number of amides is 1. The van der Waals surface area contributed by atoms with Crippen molar-refractivity contribution >= 4 is 23.4 Å². The first-order valence-corrected chi connectivity index (χ1v) is 11.1. The van der Waals surface area contributed by atoms with Crippen LogP contribution in [0.25, 0.3) is 0 Å². The third-order valence-electron chi connectivity index (χ3n) is 4.66. The minimum atomic E-state index is -0.0690. The van der Waals surface area contributed by atoms with Crippen LogP contribution in [0.4, 0.5) is 5.69 Å². The van der Waals surface area contributed by atoms with Gasteiger partial charge in [-0.2, -0.15) is 0 Å². The number of rotatable bonds is 9. The van der Waals surface area contributed by atoms with Crippen LogP contribution in [0.15, 0.2) is 53.7 Å². The van der Waals surface area contributed by atoms with E-state index in [1.54, 1.807) is 0 Å². The van der Waals surface area contributed by atoms with Crippen molar-refractivity contribution in [3.05, 3.63) is 65.5 Å². The van der Waals surface area contributed by atoms with Gasteiger partial charge in [0, 0.05) is 12.2 Å². The molecule has 0 aliphatic heterocycles. The Balaban J connectivity index is 1.55. The highest BCUT2D eigenvalue weighted by molar-refractivity contribution is 7.99. The fourth-order valence-corrected chi connectivity index (χ4v) is 3.80. The van der Waals surface area contributed by atoms with Crippen molar-refractivity contribution in [2.45, 2.75) is 51.9 Å². The summed E-state index contributed by atoms with van der Waals surface area (Å²) in [6.45, 7) is 9.39. The van der Waals surface area contributed by atoms with Crippen LogP contribution in [0.1, 0.15) is 43.6 Å². The fourth-order valence-electron chi connectivity index (χ4n) is 2.98. The summed E-state index contributed by atoms with van der Waals surface area (Å²) in [7, 11) is 0. The maximum atomic E-state index is 12.3. The van der Waals surface area contributed by atoms with Gasteiger partial charge in [-0.25, -0.2) is 0 Å². The van der Waals surface area contributed by atoms with Crippen LogP contribution in [-0.2, 0) is 17.9 Å². The van der Waals surface area contributed by atoms with Gasteiger partial charge in [0.25, 0.3) is 0 Å². The molecule has 1 aromatic heterocycles. The summed E-state index contributed by atoms with van der Waals surface area (Å²) in [6.07, 6.45) is 0. The number of ether oxygens (including phenoxy) is 1. The number of aromatic nitrogens is 3. The van der Waals surface area contributed by atoms with E-state index in [1.165, 1.54) is 17.3 Å². The number of carbonyl (C=O) groups is 1. The van der Waals surface area contributed by atoms with Crippen LogP contribution in [0, 0.1) is 6.92 Å². The van der Waals surface area contributed by atoms with Gasteiger partial charge in [0.15, 0.2) is 11.0 Å². The van der Waals surface area contributed by atoms with Crippen molar-refractivity contribution in [2.24, 2.45) is 0 Å². The number of hydrogen-bond donors (Lipinski definition) is 1. The summed E-state index contributed by atoms with van der Waals surface area (Å²) < 4.78 is 7.83. The Morgan fingerprint density at radius 3 is 2.60 bits per heavy atom. The van der Waals surface area contributed by atoms with E-state index < -0.39 is 0 Å². The van der Waals surface area contributed by atoms with Gasteiger partial charge in [0.2, 0.25) is 5.91 Å². The zero-order valence-electron chi connectivity index (χ0n) is 17.9. The average Bonchev–Trinajstić information content (AvgIpc) is 3.13. The monoisotopic (exact) mass is 424 g/mol. The van der Waals surface area contributed by atoms with Crippen LogP contribution in [0.2, 0.25) is 0 Å². The molecule has 1 N–H and O–H groups in total. The van der Waals surface area contributed by atoms with Gasteiger partial charge in [-0.15, -0.1) is 10.2 Å². The number of carbonyl (C=O) groups excluding carboxylic acids is 1. The van der Waals surface area contributed by atoms with E-state index in [9.17, 15) is 4.79 Å². The lowest BCUT2D eigenvalue weighted by atomic mass is 10.0. The van der Waals surface area contributed by atoms with E-state index in [4.69, 9.17) is 4.74 Å². The Morgan fingerprint density at radius 2 is 1.93 bits per heavy atom. The molecule has 0 fully saturated rings. The lowest BCUT2D eigenvalue weighted by molar-refractivity contribution is -0.113. The van der Waals surface area contributed by atoms with Gasteiger partial charge >= 0.3 is 0 Å². The van der Waals surface area contributed by atoms with Crippen LogP contribution in [0.5, 0.6) is 5.75 Å². The summed E-state index contributed by atoms with van der Waals surface area (Å²) in [6, 6.07) is 15.9. The molecule has 158 valence electrons. The molecule has 1 amide bonds. The molecular formula is C23H28N4O2S. The molecule has 0 unspecified atom stereocenters. The second kappa shape index (κ2) is 10.3. The normalized spacial score (nSPS) is 11.0. The number of aryl methyl sites for hydroxylation is 1. The van der Waals surface area contributed by atoms with Crippen LogP contribution in [-0.4, -0.2) is 26.4 Å². The van der Waals surface area contributed by atoms with Gasteiger partial charge in [-0.1, -0.05) is 49.9 Å². The van der Waals surface area contributed by atoms with Crippen LogP contribution < -0.4 is 10.1 Å². The van der Waals surface area contributed by atoms with Gasteiger partial charge in [0.1, 0.15) is 12.4 Å². The molecule has 0 atom stereocenters. The second-order valence-corrected chi connectivity index (χ2v) is 8.30. The molecule has 2 aromatic carbocycles. The summed E-state index contributed by atoms with van der Waals surface area (Å²) in [5.74, 6) is 2.21. The Kier molecular flexibility index (Phi) is 7.52. The highest BCUT2D eigenvalue weighted by atomic mass is 32.2. The van der Waals surface area contributed by atoms with Gasteiger partial charge in [0.05, 0.1) is 5.75 Å². The van der Waals surface area contributed by atoms with E-state index in [1.807, 2.05) is 66.9 Å². The van der Waals surface area contributed by atoms with E-state index >= 15 is 0 Å². The largest absolute Gasteiger partial charge is 0.486 e. The maximum absolute atomic E-state index is 12.3. The SMILES string of the molecule is CCn1c(COc2cccc(C)c2)nnc1SCC(=O)Nc1ccc(C(C)C)cc1. The zero-order chi connectivity index (χ0) is 21.5. The van der Waals surface area contributed by atoms with Gasteiger partial charge in [-0.05, 0) is 55.2 Å². The number of anilines is 1. The third-order valence-corrected chi connectivity index (χ3v) is 5.63. The quantitative estimate of drug-likeness (QED) is 0.487. The van der Waals surface area contributed by atoms with Crippen molar-refractivity contribution in [1.29, 1.82) is 0 Å². The summed E-state index contributed by atoms with van der Waals surface area (Å²) in [5, 5.41) is 12.1. The van der Waals surface area contributed by atoms with Crippen molar-refractivity contribution < 1.29 is 9.53 Å². The molecule has 1 heterocycles. The molecule has 0 spiro atoms. The lowest BCUT2D eigenvalue weighted by Gasteiger charge is -2.10. The number of thioether (sulfide) groups is 1. The first-order valence-electron chi connectivity index (χ1n) is 10.1. The number of hydrogen-bond acceptors (Lipinski definition) is 5. The summed E-state index contributed by atoms with van der Waals surface area (Å²) in [5.41, 5.74) is 3.19. The molecule has 0 saturated heterocycles. The Morgan fingerprint density at radius 1 is 1.17 bits per heavy atom. The third kappa shape index (κ3) is 5.86. The number of nitrogens with one attached hydrogen (secondary N) is 1. The first-order chi connectivity index (χ1) is 14.5.